The van der Waals surface area contributed by atoms with Crippen molar-refractivity contribution in [2.45, 2.75) is 39.0 Å². The average Bonchev–Trinajstić information content (AvgIpc) is 1.99. The van der Waals surface area contributed by atoms with E-state index in [0.717, 1.165) is 23.7 Å². The Balaban J connectivity index is 1.96. The van der Waals surface area contributed by atoms with Gasteiger partial charge in [0.25, 0.3) is 0 Å². The van der Waals surface area contributed by atoms with Crippen molar-refractivity contribution in [3.8, 4) is 0 Å². The minimum atomic E-state index is -0.0482. The molecule has 0 nitrogen and oxygen atoms in total. The fourth-order valence-corrected chi connectivity index (χ4v) is 3.93. The van der Waals surface area contributed by atoms with Crippen molar-refractivity contribution >= 4 is 0 Å². The molecule has 11 heavy (non-hydrogen) atoms. The molecule has 4 rings (SSSR count). The van der Waals surface area contributed by atoms with E-state index in [9.17, 15) is 0 Å². The first-order valence-electron chi connectivity index (χ1n) is 5.66. The van der Waals surface area contributed by atoms with Crippen molar-refractivity contribution in [2.24, 2.45) is 29.6 Å². The van der Waals surface area contributed by atoms with Gasteiger partial charge in [0.15, 0.2) is 0 Å². The van der Waals surface area contributed by atoms with E-state index in [0.29, 0.717) is 0 Å². The predicted molar refractivity (Wildman–Crippen MR) is 46.2 cm³/mol. The summed E-state index contributed by atoms with van der Waals surface area (Å²) in [5.41, 5.74) is 0. The third-order valence-electron chi connectivity index (χ3n) is 4.43. The van der Waals surface area contributed by atoms with Gasteiger partial charge in [-0.2, -0.15) is 0 Å². The first-order valence-corrected chi connectivity index (χ1v) is 5.16. The summed E-state index contributed by atoms with van der Waals surface area (Å²) in [7, 11) is 0. The maximum absolute atomic E-state index is 8.35. The third kappa shape index (κ3) is 0.816. The molecule has 62 valence electrons. The predicted octanol–water partition coefficient (Wildman–Crippen LogP) is 3.08. The lowest BCUT2D eigenvalue weighted by atomic mass is 9.52. The summed E-state index contributed by atoms with van der Waals surface area (Å²) in [5, 5.41) is 0. The molecule has 4 fully saturated rings. The molecule has 0 spiro atoms. The quantitative estimate of drug-likeness (QED) is 0.499. The molecule has 0 saturated heterocycles. The lowest BCUT2D eigenvalue weighted by molar-refractivity contribution is -0.0282. The molecule has 4 aliphatic carbocycles. The third-order valence-corrected chi connectivity index (χ3v) is 4.43. The van der Waals surface area contributed by atoms with Gasteiger partial charge in [0, 0.05) is 1.37 Å². The molecule has 0 N–H and O–H groups in total. The lowest BCUT2D eigenvalue weighted by Gasteiger charge is -2.53. The summed E-state index contributed by atoms with van der Waals surface area (Å²) < 4.78 is 8.35. The Hall–Kier alpha value is 0. The Bertz CT molecular complexity index is 177. The Morgan fingerprint density at radius 2 is 1.36 bits per heavy atom. The monoisotopic (exact) mass is 151 g/mol. The molecule has 0 amide bonds. The van der Waals surface area contributed by atoms with Crippen LogP contribution in [-0.4, -0.2) is 0 Å². The van der Waals surface area contributed by atoms with Crippen molar-refractivity contribution in [3.63, 3.8) is 0 Å². The first kappa shape index (κ1) is 5.61. The molecular weight excluding hydrogens is 132 g/mol. The van der Waals surface area contributed by atoms with Gasteiger partial charge in [0.2, 0.25) is 0 Å². The van der Waals surface area contributed by atoms with Crippen LogP contribution in [0.2, 0.25) is 0 Å². The van der Waals surface area contributed by atoms with Gasteiger partial charge in [0.05, 0.1) is 0 Å². The Kier molecular flexibility index (Phi) is 1.03. The summed E-state index contributed by atoms with van der Waals surface area (Å²) in [6.45, 7) is 2.19. The highest BCUT2D eigenvalue weighted by Crippen LogP contribution is 2.56. The Labute approximate surface area is 70.8 Å². The van der Waals surface area contributed by atoms with E-state index in [1.54, 1.807) is 0 Å². The molecule has 0 unspecified atom stereocenters. The molecule has 0 aromatic heterocycles. The SMILES string of the molecule is [2H]C1(C)C2CC3CC(C2)CC1C3. The van der Waals surface area contributed by atoms with Gasteiger partial charge in [-0.15, -0.1) is 0 Å². The summed E-state index contributed by atoms with van der Waals surface area (Å²) in [6.07, 6.45) is 7.03. The fraction of sp³-hybridized carbons (Fsp3) is 1.00. The minimum absolute atomic E-state index is 0.0482. The summed E-state index contributed by atoms with van der Waals surface area (Å²) in [6, 6.07) is 0. The van der Waals surface area contributed by atoms with E-state index in [-0.39, 0.29) is 5.89 Å². The molecule has 0 atom stereocenters. The average molecular weight is 151 g/mol. The lowest BCUT2D eigenvalue weighted by Crippen LogP contribution is -2.43. The number of hydrogen-bond acceptors (Lipinski definition) is 0. The second-order valence-corrected chi connectivity index (χ2v) is 5.05. The van der Waals surface area contributed by atoms with Crippen molar-refractivity contribution in [2.75, 3.05) is 0 Å². The molecule has 4 bridgehead atoms. The van der Waals surface area contributed by atoms with Crippen LogP contribution in [-0.2, 0) is 0 Å². The minimum Gasteiger partial charge on any atom is -0.0620 e. The van der Waals surface area contributed by atoms with Crippen molar-refractivity contribution in [3.05, 3.63) is 0 Å². The largest absolute Gasteiger partial charge is 0.0620 e. The molecule has 0 aliphatic heterocycles. The zero-order valence-corrected chi connectivity index (χ0v) is 7.34. The zero-order valence-electron chi connectivity index (χ0n) is 8.34. The van der Waals surface area contributed by atoms with Crippen molar-refractivity contribution in [1.29, 1.82) is 0 Å². The van der Waals surface area contributed by atoms with Gasteiger partial charge in [-0.25, -0.2) is 0 Å². The van der Waals surface area contributed by atoms with Crippen LogP contribution in [0.4, 0.5) is 0 Å². The summed E-state index contributed by atoms with van der Waals surface area (Å²) >= 11 is 0. The van der Waals surface area contributed by atoms with Gasteiger partial charge in [-0.05, 0) is 61.7 Å². The maximum atomic E-state index is 8.35. The number of hydrogen-bond donors (Lipinski definition) is 0. The molecule has 0 radical (unpaired) electrons. The Morgan fingerprint density at radius 3 is 1.82 bits per heavy atom. The van der Waals surface area contributed by atoms with Crippen LogP contribution in [0.25, 0.3) is 0 Å². The normalized spacial score (nSPS) is 68.3. The van der Waals surface area contributed by atoms with E-state index < -0.39 is 0 Å². The molecule has 0 aromatic carbocycles. The number of rotatable bonds is 0. The fourth-order valence-electron chi connectivity index (χ4n) is 3.93. The topological polar surface area (TPSA) is 0 Å². The smallest absolute Gasteiger partial charge is 0.0306 e. The van der Waals surface area contributed by atoms with Crippen LogP contribution in [0.1, 0.15) is 40.4 Å². The van der Waals surface area contributed by atoms with Crippen molar-refractivity contribution < 1.29 is 1.37 Å². The zero-order chi connectivity index (χ0) is 8.34. The summed E-state index contributed by atoms with van der Waals surface area (Å²) in [4.78, 5) is 0. The van der Waals surface area contributed by atoms with E-state index in [4.69, 9.17) is 1.37 Å². The van der Waals surface area contributed by atoms with Gasteiger partial charge < -0.3 is 0 Å². The van der Waals surface area contributed by atoms with Crippen LogP contribution in [0, 0.1) is 29.6 Å². The first-order chi connectivity index (χ1) is 5.66. The van der Waals surface area contributed by atoms with Crippen LogP contribution >= 0.6 is 0 Å². The van der Waals surface area contributed by atoms with Gasteiger partial charge in [-0.1, -0.05) is 6.92 Å². The van der Waals surface area contributed by atoms with E-state index in [1.807, 2.05) is 0 Å². The second-order valence-electron chi connectivity index (χ2n) is 5.05. The van der Waals surface area contributed by atoms with Gasteiger partial charge in [0.1, 0.15) is 0 Å². The molecule has 4 aliphatic rings. The molecule has 4 saturated carbocycles. The standard InChI is InChI=1S/C11H18/c1-7-10-3-8-2-9(5-10)6-11(7)4-8/h7-11H,2-6H2,1H3/i7D. The van der Waals surface area contributed by atoms with Crippen LogP contribution in [0.5, 0.6) is 0 Å². The van der Waals surface area contributed by atoms with Crippen LogP contribution < -0.4 is 0 Å². The van der Waals surface area contributed by atoms with Crippen molar-refractivity contribution in [1.82, 2.24) is 0 Å². The van der Waals surface area contributed by atoms with Crippen LogP contribution in [0.3, 0.4) is 0 Å². The van der Waals surface area contributed by atoms with E-state index in [2.05, 4.69) is 6.92 Å². The maximum Gasteiger partial charge on any atom is 0.0306 e. The Morgan fingerprint density at radius 1 is 0.909 bits per heavy atom. The summed E-state index contributed by atoms with van der Waals surface area (Å²) in [5.74, 6) is 3.51. The van der Waals surface area contributed by atoms with Gasteiger partial charge >= 0.3 is 0 Å². The highest BCUT2D eigenvalue weighted by atomic mass is 14.5. The molecule has 0 aromatic rings. The molecular formula is C11H18. The second kappa shape index (κ2) is 2.02. The van der Waals surface area contributed by atoms with Gasteiger partial charge in [-0.3, -0.25) is 0 Å². The highest BCUT2D eigenvalue weighted by Gasteiger charge is 2.45. The molecule has 0 heterocycles. The highest BCUT2D eigenvalue weighted by molar-refractivity contribution is 4.96. The van der Waals surface area contributed by atoms with E-state index in [1.165, 1.54) is 32.1 Å². The molecule has 0 heteroatoms. The van der Waals surface area contributed by atoms with E-state index >= 15 is 0 Å². The van der Waals surface area contributed by atoms with Crippen LogP contribution in [0.15, 0.2) is 0 Å².